The van der Waals surface area contributed by atoms with Crippen LogP contribution in [0.2, 0.25) is 0 Å². The number of hydrogen-bond donors (Lipinski definition) is 2. The quantitative estimate of drug-likeness (QED) is 0.433. The standard InChI is InChI=1S/C18H23N3O.HI/c1-13-8-14(2)10-17(9-13)21-18(19)20-11-15-4-6-16(7-5-15)12-22-3;/h4-10H,11-12H2,1-3H3,(H3,19,20,21);1H. The lowest BCUT2D eigenvalue weighted by molar-refractivity contribution is 0.185. The number of benzene rings is 2. The van der Waals surface area contributed by atoms with Crippen molar-refractivity contribution in [3.05, 3.63) is 64.7 Å². The Labute approximate surface area is 155 Å². The molecule has 124 valence electrons. The molecule has 0 unspecified atom stereocenters. The zero-order valence-electron chi connectivity index (χ0n) is 13.8. The Morgan fingerprint density at radius 3 is 2.17 bits per heavy atom. The maximum Gasteiger partial charge on any atom is 0.193 e. The first kappa shape index (κ1) is 19.4. The van der Waals surface area contributed by atoms with Crippen LogP contribution in [-0.4, -0.2) is 13.1 Å². The van der Waals surface area contributed by atoms with Gasteiger partial charge in [-0.15, -0.1) is 24.0 Å². The maximum absolute atomic E-state index is 5.95. The van der Waals surface area contributed by atoms with Gasteiger partial charge in [0.2, 0.25) is 0 Å². The molecule has 0 saturated carbocycles. The predicted molar refractivity (Wildman–Crippen MR) is 107 cm³/mol. The zero-order valence-corrected chi connectivity index (χ0v) is 16.1. The maximum atomic E-state index is 5.95. The Bertz CT molecular complexity index is 634. The molecule has 5 heteroatoms. The van der Waals surface area contributed by atoms with Crippen molar-refractivity contribution in [2.24, 2.45) is 10.7 Å². The van der Waals surface area contributed by atoms with Gasteiger partial charge >= 0.3 is 0 Å². The highest BCUT2D eigenvalue weighted by atomic mass is 127. The molecule has 23 heavy (non-hydrogen) atoms. The van der Waals surface area contributed by atoms with Crippen LogP contribution < -0.4 is 11.1 Å². The van der Waals surface area contributed by atoms with Crippen LogP contribution in [0.1, 0.15) is 22.3 Å². The van der Waals surface area contributed by atoms with Crippen LogP contribution in [0.15, 0.2) is 47.5 Å². The number of nitrogens with zero attached hydrogens (tertiary/aromatic N) is 1. The van der Waals surface area contributed by atoms with Gasteiger partial charge in [-0.05, 0) is 48.2 Å². The number of hydrogen-bond acceptors (Lipinski definition) is 2. The lowest BCUT2D eigenvalue weighted by Crippen LogP contribution is -2.22. The monoisotopic (exact) mass is 425 g/mol. The molecule has 0 fully saturated rings. The van der Waals surface area contributed by atoms with E-state index in [0.29, 0.717) is 19.1 Å². The van der Waals surface area contributed by atoms with Crippen LogP contribution >= 0.6 is 24.0 Å². The molecule has 0 aliphatic rings. The van der Waals surface area contributed by atoms with Gasteiger partial charge in [-0.25, -0.2) is 4.99 Å². The van der Waals surface area contributed by atoms with Crippen LogP contribution in [-0.2, 0) is 17.9 Å². The van der Waals surface area contributed by atoms with Gasteiger partial charge in [-0.2, -0.15) is 0 Å². The van der Waals surface area contributed by atoms with Crippen molar-refractivity contribution in [1.29, 1.82) is 0 Å². The fourth-order valence-corrected chi connectivity index (χ4v) is 2.32. The third-order valence-corrected chi connectivity index (χ3v) is 3.26. The predicted octanol–water partition coefficient (Wildman–Crippen LogP) is 3.99. The Morgan fingerprint density at radius 2 is 1.61 bits per heavy atom. The smallest absolute Gasteiger partial charge is 0.193 e. The lowest BCUT2D eigenvalue weighted by Gasteiger charge is -2.08. The topological polar surface area (TPSA) is 59.6 Å². The summed E-state index contributed by atoms with van der Waals surface area (Å²) in [4.78, 5) is 4.38. The minimum atomic E-state index is 0. The van der Waals surface area contributed by atoms with E-state index in [9.17, 15) is 0 Å². The molecule has 0 saturated heterocycles. The van der Waals surface area contributed by atoms with Crippen molar-refractivity contribution >= 4 is 35.6 Å². The van der Waals surface area contributed by atoms with Crippen molar-refractivity contribution in [2.75, 3.05) is 12.4 Å². The van der Waals surface area contributed by atoms with Crippen molar-refractivity contribution in [3.8, 4) is 0 Å². The van der Waals surface area contributed by atoms with Crippen molar-refractivity contribution in [2.45, 2.75) is 27.0 Å². The van der Waals surface area contributed by atoms with Crippen molar-refractivity contribution in [1.82, 2.24) is 0 Å². The van der Waals surface area contributed by atoms with E-state index in [1.165, 1.54) is 11.1 Å². The second-order valence-corrected chi connectivity index (χ2v) is 5.45. The summed E-state index contributed by atoms with van der Waals surface area (Å²) < 4.78 is 5.09. The normalized spacial score (nSPS) is 11.0. The minimum Gasteiger partial charge on any atom is -0.380 e. The molecule has 0 heterocycles. The van der Waals surface area contributed by atoms with Gasteiger partial charge < -0.3 is 15.8 Å². The van der Waals surface area contributed by atoms with Crippen LogP contribution in [0, 0.1) is 13.8 Å². The number of aliphatic imine (C=N–C) groups is 1. The summed E-state index contributed by atoms with van der Waals surface area (Å²) in [5, 5.41) is 3.13. The minimum absolute atomic E-state index is 0. The molecule has 2 aromatic rings. The van der Waals surface area contributed by atoms with E-state index in [-0.39, 0.29) is 24.0 Å². The second-order valence-electron chi connectivity index (χ2n) is 5.45. The summed E-state index contributed by atoms with van der Waals surface area (Å²) in [6.07, 6.45) is 0. The molecule has 0 aliphatic carbocycles. The fourth-order valence-electron chi connectivity index (χ4n) is 2.32. The molecule has 3 N–H and O–H groups in total. The van der Waals surface area contributed by atoms with Crippen molar-refractivity contribution < 1.29 is 4.74 Å². The molecule has 0 aromatic heterocycles. The molecule has 0 spiro atoms. The fraction of sp³-hybridized carbons (Fsp3) is 0.278. The number of halogens is 1. The first-order valence-corrected chi connectivity index (χ1v) is 7.29. The van der Waals surface area contributed by atoms with E-state index in [2.05, 4.69) is 42.4 Å². The number of nitrogens with two attached hydrogens (primary N) is 1. The molecule has 0 radical (unpaired) electrons. The molecule has 4 nitrogen and oxygen atoms in total. The number of guanidine groups is 1. The van der Waals surface area contributed by atoms with E-state index >= 15 is 0 Å². The van der Waals surface area contributed by atoms with Gasteiger partial charge in [0.1, 0.15) is 0 Å². The summed E-state index contributed by atoms with van der Waals surface area (Å²) in [7, 11) is 1.69. The van der Waals surface area contributed by atoms with E-state index in [1.54, 1.807) is 7.11 Å². The average molecular weight is 425 g/mol. The van der Waals surface area contributed by atoms with Gasteiger partial charge in [0.25, 0.3) is 0 Å². The molecular weight excluding hydrogens is 401 g/mol. The molecule has 0 amide bonds. The summed E-state index contributed by atoms with van der Waals surface area (Å²) in [5.74, 6) is 0.422. The van der Waals surface area contributed by atoms with Crippen LogP contribution in [0.5, 0.6) is 0 Å². The van der Waals surface area contributed by atoms with Crippen LogP contribution in [0.25, 0.3) is 0 Å². The number of rotatable bonds is 5. The number of nitrogens with one attached hydrogen (secondary N) is 1. The zero-order chi connectivity index (χ0) is 15.9. The van der Waals surface area contributed by atoms with E-state index in [4.69, 9.17) is 10.5 Å². The summed E-state index contributed by atoms with van der Waals surface area (Å²) in [6.45, 7) is 5.30. The Kier molecular flexibility index (Phi) is 8.05. The number of ether oxygens (including phenoxy) is 1. The highest BCUT2D eigenvalue weighted by molar-refractivity contribution is 14.0. The highest BCUT2D eigenvalue weighted by Gasteiger charge is 1.99. The number of anilines is 1. The Morgan fingerprint density at radius 1 is 1.04 bits per heavy atom. The number of methoxy groups -OCH3 is 1. The van der Waals surface area contributed by atoms with Crippen molar-refractivity contribution in [3.63, 3.8) is 0 Å². The van der Waals surface area contributed by atoms with Gasteiger partial charge in [0, 0.05) is 12.8 Å². The second kappa shape index (κ2) is 9.52. The first-order chi connectivity index (χ1) is 10.6. The van der Waals surface area contributed by atoms with Gasteiger partial charge in [-0.1, -0.05) is 30.3 Å². The first-order valence-electron chi connectivity index (χ1n) is 7.29. The summed E-state index contributed by atoms with van der Waals surface area (Å²) in [6, 6.07) is 14.4. The van der Waals surface area contributed by atoms with E-state index in [0.717, 1.165) is 16.8 Å². The Balaban J connectivity index is 0.00000264. The third kappa shape index (κ3) is 6.58. The highest BCUT2D eigenvalue weighted by Crippen LogP contribution is 2.13. The molecule has 2 rings (SSSR count). The molecule has 0 bridgehead atoms. The average Bonchev–Trinajstić information content (AvgIpc) is 2.46. The number of aryl methyl sites for hydroxylation is 2. The van der Waals surface area contributed by atoms with E-state index < -0.39 is 0 Å². The van der Waals surface area contributed by atoms with Gasteiger partial charge in [0.05, 0.1) is 13.2 Å². The SMILES string of the molecule is COCc1ccc(CN=C(N)Nc2cc(C)cc(C)c2)cc1.I. The molecule has 2 aromatic carbocycles. The molecular formula is C18H24IN3O. The lowest BCUT2D eigenvalue weighted by atomic mass is 10.1. The molecule has 0 atom stereocenters. The third-order valence-electron chi connectivity index (χ3n) is 3.26. The van der Waals surface area contributed by atoms with Crippen LogP contribution in [0.3, 0.4) is 0 Å². The van der Waals surface area contributed by atoms with Crippen LogP contribution in [0.4, 0.5) is 5.69 Å². The molecule has 0 aliphatic heterocycles. The Hall–Kier alpha value is -1.60. The summed E-state index contributed by atoms with van der Waals surface area (Å²) >= 11 is 0. The largest absolute Gasteiger partial charge is 0.380 e. The van der Waals surface area contributed by atoms with Gasteiger partial charge in [0.15, 0.2) is 5.96 Å². The van der Waals surface area contributed by atoms with Gasteiger partial charge in [-0.3, -0.25) is 0 Å². The van der Waals surface area contributed by atoms with E-state index in [1.807, 2.05) is 24.3 Å². The summed E-state index contributed by atoms with van der Waals surface area (Å²) in [5.41, 5.74) is 11.6.